The van der Waals surface area contributed by atoms with Gasteiger partial charge in [-0.25, -0.2) is 4.39 Å². The first-order valence-electron chi connectivity index (χ1n) is 9.20. The zero-order valence-corrected chi connectivity index (χ0v) is 15.6. The van der Waals surface area contributed by atoms with Gasteiger partial charge in [-0.15, -0.1) is 0 Å². The van der Waals surface area contributed by atoms with Crippen molar-refractivity contribution in [2.75, 3.05) is 13.1 Å². The van der Waals surface area contributed by atoms with E-state index in [9.17, 15) is 14.0 Å². The van der Waals surface area contributed by atoms with E-state index >= 15 is 0 Å². The predicted molar refractivity (Wildman–Crippen MR) is 97.8 cm³/mol. The number of piperidine rings is 1. The summed E-state index contributed by atoms with van der Waals surface area (Å²) >= 11 is 0. The minimum atomic E-state index is -0.366. The van der Waals surface area contributed by atoms with Gasteiger partial charge in [0.1, 0.15) is 11.6 Å². The predicted octanol–water partition coefficient (Wildman–Crippen LogP) is 2.78. The molecule has 2 amide bonds. The Morgan fingerprint density at radius 3 is 2.48 bits per heavy atom. The Bertz CT molecular complexity index is 789. The van der Waals surface area contributed by atoms with Crippen LogP contribution in [0.4, 0.5) is 4.39 Å². The van der Waals surface area contributed by atoms with Crippen LogP contribution in [0.2, 0.25) is 0 Å². The molecule has 27 heavy (non-hydrogen) atoms. The van der Waals surface area contributed by atoms with Crippen LogP contribution in [-0.2, 0) is 11.2 Å². The number of hydrogen-bond acceptors (Lipinski definition) is 4. The maximum absolute atomic E-state index is 12.9. The highest BCUT2D eigenvalue weighted by Gasteiger charge is 2.24. The Kier molecular flexibility index (Phi) is 5.88. The van der Waals surface area contributed by atoms with Crippen molar-refractivity contribution in [3.8, 4) is 0 Å². The molecule has 0 radical (unpaired) electrons. The molecule has 3 rings (SSSR count). The molecule has 1 aromatic carbocycles. The molecule has 2 aromatic rings. The number of carbonyl (C=O) groups is 2. The zero-order chi connectivity index (χ0) is 19.4. The lowest BCUT2D eigenvalue weighted by Gasteiger charge is -2.32. The van der Waals surface area contributed by atoms with Crippen LogP contribution in [-0.4, -0.2) is 41.0 Å². The second kappa shape index (κ2) is 8.33. The van der Waals surface area contributed by atoms with Crippen molar-refractivity contribution >= 4 is 11.8 Å². The first-order chi connectivity index (χ1) is 12.9. The van der Waals surface area contributed by atoms with Gasteiger partial charge in [-0.1, -0.05) is 5.16 Å². The van der Waals surface area contributed by atoms with Crippen molar-refractivity contribution in [2.24, 2.45) is 0 Å². The van der Waals surface area contributed by atoms with E-state index in [2.05, 4.69) is 10.5 Å². The molecule has 6 nitrogen and oxygen atoms in total. The van der Waals surface area contributed by atoms with Gasteiger partial charge in [0.15, 0.2) is 0 Å². The van der Waals surface area contributed by atoms with Crippen molar-refractivity contribution in [3.05, 3.63) is 52.7 Å². The third kappa shape index (κ3) is 4.72. The molecule has 7 heteroatoms. The van der Waals surface area contributed by atoms with Gasteiger partial charge in [0.2, 0.25) is 5.91 Å². The van der Waals surface area contributed by atoms with Gasteiger partial charge in [0, 0.05) is 36.7 Å². The van der Waals surface area contributed by atoms with E-state index in [-0.39, 0.29) is 23.7 Å². The molecule has 0 unspecified atom stereocenters. The van der Waals surface area contributed by atoms with Crippen LogP contribution in [0, 0.1) is 19.7 Å². The van der Waals surface area contributed by atoms with Crippen molar-refractivity contribution in [3.63, 3.8) is 0 Å². The molecule has 0 spiro atoms. The van der Waals surface area contributed by atoms with Crippen LogP contribution in [0.5, 0.6) is 0 Å². The molecule has 0 saturated carbocycles. The molecule has 0 aliphatic carbocycles. The smallest absolute Gasteiger partial charge is 0.251 e. The van der Waals surface area contributed by atoms with Gasteiger partial charge in [-0.3, -0.25) is 9.59 Å². The summed E-state index contributed by atoms with van der Waals surface area (Å²) in [5, 5.41) is 6.88. The fourth-order valence-electron chi connectivity index (χ4n) is 3.39. The quantitative estimate of drug-likeness (QED) is 0.874. The Labute approximate surface area is 157 Å². The molecule has 1 N–H and O–H groups in total. The Morgan fingerprint density at radius 1 is 1.22 bits per heavy atom. The molecule has 0 bridgehead atoms. The van der Waals surface area contributed by atoms with E-state index < -0.39 is 0 Å². The maximum Gasteiger partial charge on any atom is 0.251 e. The molecular weight excluding hydrogens is 349 g/mol. The molecule has 1 saturated heterocycles. The summed E-state index contributed by atoms with van der Waals surface area (Å²) in [6, 6.07) is 5.51. The van der Waals surface area contributed by atoms with E-state index in [0.717, 1.165) is 17.0 Å². The number of likely N-dealkylation sites (tertiary alicyclic amines) is 1. The number of amides is 2. The van der Waals surface area contributed by atoms with Crippen molar-refractivity contribution in [1.82, 2.24) is 15.4 Å². The number of aromatic nitrogens is 1. The number of carbonyl (C=O) groups excluding carboxylic acids is 2. The Balaban J connectivity index is 1.45. The van der Waals surface area contributed by atoms with Crippen LogP contribution >= 0.6 is 0 Å². The van der Waals surface area contributed by atoms with Crippen LogP contribution in [0.1, 0.15) is 46.6 Å². The maximum atomic E-state index is 12.9. The van der Waals surface area contributed by atoms with Crippen LogP contribution < -0.4 is 5.32 Å². The summed E-state index contributed by atoms with van der Waals surface area (Å²) < 4.78 is 18.1. The van der Waals surface area contributed by atoms with E-state index in [1.54, 1.807) is 0 Å². The highest BCUT2D eigenvalue weighted by molar-refractivity contribution is 5.94. The highest BCUT2D eigenvalue weighted by Crippen LogP contribution is 2.17. The number of halogens is 1. The first kappa shape index (κ1) is 19.1. The minimum Gasteiger partial charge on any atom is -0.361 e. The molecule has 2 heterocycles. The normalized spacial score (nSPS) is 15.0. The molecule has 1 aliphatic heterocycles. The van der Waals surface area contributed by atoms with Gasteiger partial charge in [0.05, 0.1) is 5.69 Å². The topological polar surface area (TPSA) is 75.4 Å². The van der Waals surface area contributed by atoms with Crippen molar-refractivity contribution in [2.45, 2.75) is 45.6 Å². The Morgan fingerprint density at radius 2 is 1.89 bits per heavy atom. The standard InChI is InChI=1S/C20H24FN3O3/c1-13-18(14(2)27-23-13)7-8-19(25)24-11-9-17(10-12-24)22-20(26)15-3-5-16(21)6-4-15/h3-6,17H,7-12H2,1-2H3,(H,22,26). The molecule has 1 aromatic heterocycles. The number of nitrogens with one attached hydrogen (secondary N) is 1. The lowest BCUT2D eigenvalue weighted by atomic mass is 10.0. The lowest BCUT2D eigenvalue weighted by Crippen LogP contribution is -2.46. The lowest BCUT2D eigenvalue weighted by molar-refractivity contribution is -0.132. The molecule has 1 fully saturated rings. The number of aryl methyl sites for hydroxylation is 2. The van der Waals surface area contributed by atoms with Crippen LogP contribution in [0.25, 0.3) is 0 Å². The highest BCUT2D eigenvalue weighted by atomic mass is 19.1. The van der Waals surface area contributed by atoms with E-state index in [0.29, 0.717) is 44.3 Å². The molecule has 0 atom stereocenters. The third-order valence-electron chi connectivity index (χ3n) is 5.06. The average molecular weight is 373 g/mol. The monoisotopic (exact) mass is 373 g/mol. The van der Waals surface area contributed by atoms with Crippen molar-refractivity contribution < 1.29 is 18.5 Å². The van der Waals surface area contributed by atoms with E-state index in [4.69, 9.17) is 4.52 Å². The average Bonchev–Trinajstić information content (AvgIpc) is 2.98. The number of hydrogen-bond donors (Lipinski definition) is 1. The molecule has 1 aliphatic rings. The first-order valence-corrected chi connectivity index (χ1v) is 9.20. The molecular formula is C20H24FN3O3. The zero-order valence-electron chi connectivity index (χ0n) is 15.6. The third-order valence-corrected chi connectivity index (χ3v) is 5.06. The minimum absolute atomic E-state index is 0.0224. The SMILES string of the molecule is Cc1noc(C)c1CCC(=O)N1CCC(NC(=O)c2ccc(F)cc2)CC1. The largest absolute Gasteiger partial charge is 0.361 e. The molecule has 144 valence electrons. The van der Waals surface area contributed by atoms with Crippen LogP contribution in [0.15, 0.2) is 28.8 Å². The summed E-state index contributed by atoms with van der Waals surface area (Å²) in [5.74, 6) is 0.300. The summed E-state index contributed by atoms with van der Waals surface area (Å²) in [4.78, 5) is 26.5. The number of benzene rings is 1. The van der Waals surface area contributed by atoms with Gasteiger partial charge < -0.3 is 14.7 Å². The second-order valence-electron chi connectivity index (χ2n) is 6.94. The van der Waals surface area contributed by atoms with E-state index in [1.807, 2.05) is 18.7 Å². The van der Waals surface area contributed by atoms with Gasteiger partial charge in [-0.05, 0) is 57.4 Å². The number of nitrogens with zero attached hydrogens (tertiary/aromatic N) is 2. The van der Waals surface area contributed by atoms with Crippen molar-refractivity contribution in [1.29, 1.82) is 0 Å². The van der Waals surface area contributed by atoms with Gasteiger partial charge >= 0.3 is 0 Å². The summed E-state index contributed by atoms with van der Waals surface area (Å²) in [5.41, 5.74) is 2.28. The Hall–Kier alpha value is -2.70. The second-order valence-corrected chi connectivity index (χ2v) is 6.94. The summed E-state index contributed by atoms with van der Waals surface area (Å²) in [6.45, 7) is 4.98. The van der Waals surface area contributed by atoms with Crippen LogP contribution in [0.3, 0.4) is 0 Å². The van der Waals surface area contributed by atoms with E-state index in [1.165, 1.54) is 24.3 Å². The number of rotatable bonds is 5. The van der Waals surface area contributed by atoms with Gasteiger partial charge in [-0.2, -0.15) is 0 Å². The fourth-order valence-corrected chi connectivity index (χ4v) is 3.39. The summed E-state index contributed by atoms with van der Waals surface area (Å²) in [7, 11) is 0. The summed E-state index contributed by atoms with van der Waals surface area (Å²) in [6.07, 6.45) is 2.48. The fraction of sp³-hybridized carbons (Fsp3) is 0.450. The van der Waals surface area contributed by atoms with Gasteiger partial charge in [0.25, 0.3) is 5.91 Å².